The SMILES string of the molecule is COC(=O)CCc1cc(C(=O)c2ccccc2C(=O)O)c(O)c(F)c1O. The summed E-state index contributed by atoms with van der Waals surface area (Å²) in [5.41, 5.74) is -1.18. The number of aromatic hydroxyl groups is 2. The van der Waals surface area contributed by atoms with Crippen molar-refractivity contribution in [3.63, 3.8) is 0 Å². The average molecular weight is 362 g/mol. The molecule has 0 bridgehead atoms. The molecule has 0 heterocycles. The van der Waals surface area contributed by atoms with Gasteiger partial charge in [0.25, 0.3) is 0 Å². The molecule has 0 aliphatic carbocycles. The highest BCUT2D eigenvalue weighted by Gasteiger charge is 2.25. The van der Waals surface area contributed by atoms with E-state index in [0.717, 1.165) is 13.2 Å². The Hall–Kier alpha value is -3.42. The van der Waals surface area contributed by atoms with E-state index in [4.69, 9.17) is 0 Å². The summed E-state index contributed by atoms with van der Waals surface area (Å²) in [4.78, 5) is 35.1. The number of hydrogen-bond acceptors (Lipinski definition) is 6. The molecule has 2 aromatic carbocycles. The average Bonchev–Trinajstić information content (AvgIpc) is 2.64. The second-order valence-electron chi connectivity index (χ2n) is 5.35. The fourth-order valence-corrected chi connectivity index (χ4v) is 2.40. The van der Waals surface area contributed by atoms with Crippen LogP contribution < -0.4 is 0 Å². The van der Waals surface area contributed by atoms with Crippen LogP contribution in [0.4, 0.5) is 4.39 Å². The molecule has 0 aliphatic rings. The smallest absolute Gasteiger partial charge is 0.336 e. The molecule has 8 heteroatoms. The number of ether oxygens (including phenoxy) is 1. The number of carboxylic acids is 1. The fourth-order valence-electron chi connectivity index (χ4n) is 2.40. The lowest BCUT2D eigenvalue weighted by Crippen LogP contribution is -2.11. The number of rotatable bonds is 6. The summed E-state index contributed by atoms with van der Waals surface area (Å²) in [6.07, 6.45) is -0.329. The first-order chi connectivity index (χ1) is 12.3. The summed E-state index contributed by atoms with van der Waals surface area (Å²) in [7, 11) is 1.16. The maximum Gasteiger partial charge on any atom is 0.336 e. The van der Waals surface area contributed by atoms with Crippen LogP contribution in [0.5, 0.6) is 11.5 Å². The molecule has 0 atom stereocenters. The molecule has 0 fully saturated rings. The summed E-state index contributed by atoms with van der Waals surface area (Å²) in [5.74, 6) is -6.33. The predicted octanol–water partition coefficient (Wildman–Crippen LogP) is 2.27. The van der Waals surface area contributed by atoms with Crippen LogP contribution in [-0.2, 0) is 16.0 Å². The Bertz CT molecular complexity index is 889. The van der Waals surface area contributed by atoms with Gasteiger partial charge in [0.1, 0.15) is 0 Å². The standard InChI is InChI=1S/C18H15FO7/c1-26-13(20)7-6-9-8-12(17(23)14(19)15(9)21)16(22)10-4-2-3-5-11(10)18(24)25/h2-5,8,21,23H,6-7H2,1H3,(H,24,25). The lowest BCUT2D eigenvalue weighted by Gasteiger charge is -2.12. The number of phenols is 2. The van der Waals surface area contributed by atoms with E-state index in [0.29, 0.717) is 0 Å². The number of methoxy groups -OCH3 is 1. The Balaban J connectivity index is 2.52. The predicted molar refractivity (Wildman–Crippen MR) is 86.9 cm³/mol. The molecule has 0 saturated carbocycles. The minimum absolute atomic E-state index is 0.0955. The minimum Gasteiger partial charge on any atom is -0.505 e. The molecule has 0 spiro atoms. The molecule has 136 valence electrons. The third kappa shape index (κ3) is 3.64. The van der Waals surface area contributed by atoms with Crippen LogP contribution in [0.1, 0.15) is 38.3 Å². The molecule has 0 amide bonds. The van der Waals surface area contributed by atoms with Gasteiger partial charge in [-0.2, -0.15) is 4.39 Å². The van der Waals surface area contributed by atoms with Crippen LogP contribution in [-0.4, -0.2) is 40.2 Å². The van der Waals surface area contributed by atoms with Gasteiger partial charge in [-0.05, 0) is 24.1 Å². The number of carboxylic acid groups (broad SMARTS) is 1. The van der Waals surface area contributed by atoms with Crippen molar-refractivity contribution in [3.8, 4) is 11.5 Å². The number of aryl methyl sites for hydroxylation is 1. The van der Waals surface area contributed by atoms with Gasteiger partial charge in [-0.1, -0.05) is 18.2 Å². The summed E-state index contributed by atoms with van der Waals surface area (Å²) in [5, 5.41) is 28.9. The third-order valence-electron chi connectivity index (χ3n) is 3.77. The molecule has 0 aliphatic heterocycles. The summed E-state index contributed by atoms with van der Waals surface area (Å²) < 4.78 is 18.6. The first-order valence-corrected chi connectivity index (χ1v) is 7.45. The first-order valence-electron chi connectivity index (χ1n) is 7.45. The Kier molecular flexibility index (Phi) is 5.56. The maximum atomic E-state index is 14.1. The monoisotopic (exact) mass is 362 g/mol. The molecule has 2 rings (SSSR count). The van der Waals surface area contributed by atoms with Crippen LogP contribution in [0.15, 0.2) is 30.3 Å². The van der Waals surface area contributed by atoms with E-state index >= 15 is 0 Å². The van der Waals surface area contributed by atoms with Crippen molar-refractivity contribution < 1.29 is 38.8 Å². The van der Waals surface area contributed by atoms with Gasteiger partial charge in [-0.25, -0.2) is 4.79 Å². The van der Waals surface area contributed by atoms with Crippen molar-refractivity contribution in [1.82, 2.24) is 0 Å². The van der Waals surface area contributed by atoms with E-state index in [9.17, 15) is 34.1 Å². The van der Waals surface area contributed by atoms with Crippen LogP contribution in [0.3, 0.4) is 0 Å². The van der Waals surface area contributed by atoms with Crippen molar-refractivity contribution in [2.75, 3.05) is 7.11 Å². The molecule has 2 aromatic rings. The van der Waals surface area contributed by atoms with E-state index < -0.39 is 40.6 Å². The molecule has 0 saturated heterocycles. The molecule has 0 aromatic heterocycles. The lowest BCUT2D eigenvalue weighted by atomic mass is 9.94. The highest BCUT2D eigenvalue weighted by molar-refractivity contribution is 6.15. The molecular formula is C18H15FO7. The van der Waals surface area contributed by atoms with Gasteiger partial charge in [0, 0.05) is 12.0 Å². The molecule has 0 unspecified atom stereocenters. The number of phenolic OH excluding ortho intramolecular Hbond substituents is 2. The molecule has 0 radical (unpaired) electrons. The molecule has 3 N–H and O–H groups in total. The summed E-state index contributed by atoms with van der Waals surface area (Å²) in [6, 6.07) is 6.29. The number of halogens is 1. The van der Waals surface area contributed by atoms with Gasteiger partial charge < -0.3 is 20.1 Å². The zero-order valence-electron chi connectivity index (χ0n) is 13.7. The lowest BCUT2D eigenvalue weighted by molar-refractivity contribution is -0.140. The van der Waals surface area contributed by atoms with Gasteiger partial charge in [0.05, 0.1) is 18.2 Å². The quantitative estimate of drug-likeness (QED) is 0.532. The zero-order chi connectivity index (χ0) is 19.4. The summed E-state index contributed by atoms with van der Waals surface area (Å²) in [6.45, 7) is 0. The van der Waals surface area contributed by atoms with Gasteiger partial charge in [-0.3, -0.25) is 9.59 Å². The van der Waals surface area contributed by atoms with Crippen LogP contribution >= 0.6 is 0 Å². The number of carbonyl (C=O) groups excluding carboxylic acids is 2. The van der Waals surface area contributed by atoms with Gasteiger partial charge >= 0.3 is 11.9 Å². The number of esters is 1. The second-order valence-corrected chi connectivity index (χ2v) is 5.35. The largest absolute Gasteiger partial charge is 0.505 e. The van der Waals surface area contributed by atoms with Crippen molar-refractivity contribution in [3.05, 3.63) is 58.4 Å². The second kappa shape index (κ2) is 7.64. The van der Waals surface area contributed by atoms with Gasteiger partial charge in [0.2, 0.25) is 5.82 Å². The fraction of sp³-hybridized carbons (Fsp3) is 0.167. The molecule has 7 nitrogen and oxygen atoms in total. The van der Waals surface area contributed by atoms with Crippen molar-refractivity contribution in [2.45, 2.75) is 12.8 Å². The van der Waals surface area contributed by atoms with E-state index in [2.05, 4.69) is 4.74 Å². The van der Waals surface area contributed by atoms with Gasteiger partial charge in [-0.15, -0.1) is 0 Å². The number of benzene rings is 2. The Morgan fingerprint density at radius 2 is 1.65 bits per heavy atom. The highest BCUT2D eigenvalue weighted by atomic mass is 19.1. The zero-order valence-corrected chi connectivity index (χ0v) is 13.7. The van der Waals surface area contributed by atoms with Gasteiger partial charge in [0.15, 0.2) is 17.3 Å². The van der Waals surface area contributed by atoms with Crippen molar-refractivity contribution in [2.24, 2.45) is 0 Å². The normalized spacial score (nSPS) is 10.4. The minimum atomic E-state index is -1.43. The highest BCUT2D eigenvalue weighted by Crippen LogP contribution is 2.34. The number of carbonyl (C=O) groups is 3. The Morgan fingerprint density at radius 1 is 1.04 bits per heavy atom. The number of aromatic carboxylic acids is 1. The third-order valence-corrected chi connectivity index (χ3v) is 3.77. The summed E-state index contributed by atoms with van der Waals surface area (Å²) >= 11 is 0. The Morgan fingerprint density at radius 3 is 2.23 bits per heavy atom. The van der Waals surface area contributed by atoms with E-state index in [1.807, 2.05) is 0 Å². The van der Waals surface area contributed by atoms with Crippen LogP contribution in [0.2, 0.25) is 0 Å². The van der Waals surface area contributed by atoms with Crippen molar-refractivity contribution >= 4 is 17.7 Å². The Labute approximate surface area is 147 Å². The van der Waals surface area contributed by atoms with Crippen LogP contribution in [0.25, 0.3) is 0 Å². The van der Waals surface area contributed by atoms with E-state index in [1.54, 1.807) is 0 Å². The number of ketones is 1. The maximum absolute atomic E-state index is 14.1. The van der Waals surface area contributed by atoms with E-state index in [-0.39, 0.29) is 29.5 Å². The van der Waals surface area contributed by atoms with E-state index in [1.165, 1.54) is 24.3 Å². The topological polar surface area (TPSA) is 121 Å². The van der Waals surface area contributed by atoms with Crippen molar-refractivity contribution in [1.29, 1.82) is 0 Å². The first kappa shape index (κ1) is 18.9. The molecular weight excluding hydrogens is 347 g/mol. The van der Waals surface area contributed by atoms with Crippen LogP contribution in [0, 0.1) is 5.82 Å². The number of hydrogen-bond donors (Lipinski definition) is 3. The molecule has 26 heavy (non-hydrogen) atoms.